The summed E-state index contributed by atoms with van der Waals surface area (Å²) in [7, 11) is -2.18. The summed E-state index contributed by atoms with van der Waals surface area (Å²) in [6, 6.07) is 20.8. The molecule has 0 fully saturated rings. The topological polar surface area (TPSA) is 49.7 Å². The van der Waals surface area contributed by atoms with Gasteiger partial charge in [-0.3, -0.25) is 0 Å². The molecule has 4 heteroatoms. The van der Waals surface area contributed by atoms with Crippen molar-refractivity contribution in [2.45, 2.75) is 0 Å². The molecular weight excluding hydrogens is 259 g/mol. The molecule has 0 bridgehead atoms. The maximum atomic E-state index is 8.03. The fourth-order valence-electron chi connectivity index (χ4n) is 1.38. The Labute approximate surface area is 114 Å². The lowest BCUT2D eigenvalue weighted by molar-refractivity contribution is 0.282. The van der Waals surface area contributed by atoms with Gasteiger partial charge in [-0.05, 0) is 11.1 Å². The highest BCUT2D eigenvalue weighted by molar-refractivity contribution is 7.39. The second-order valence-corrected chi connectivity index (χ2v) is 4.33. The first-order valence-corrected chi connectivity index (χ1v) is 6.92. The summed E-state index contributed by atoms with van der Waals surface area (Å²) in [5.41, 5.74) is 2.55. The van der Waals surface area contributed by atoms with E-state index >= 15 is 0 Å². The van der Waals surface area contributed by atoms with Crippen LogP contribution in [0.25, 0.3) is 11.1 Å². The van der Waals surface area contributed by atoms with Crippen molar-refractivity contribution in [3.63, 3.8) is 0 Å². The molecule has 0 saturated heterocycles. The highest BCUT2D eigenvalue weighted by Crippen LogP contribution is 2.23. The maximum absolute atomic E-state index is 8.03. The number of benzene rings is 2. The van der Waals surface area contributed by atoms with Gasteiger partial charge in [0.1, 0.15) is 0 Å². The molecule has 0 unspecified atom stereocenters. The average Bonchev–Trinajstić information content (AvgIpc) is 2.47. The summed E-state index contributed by atoms with van der Waals surface area (Å²) >= 11 is 0. The summed E-state index contributed by atoms with van der Waals surface area (Å²) in [6.07, 6.45) is 1.45. The van der Waals surface area contributed by atoms with E-state index < -0.39 is 8.60 Å². The van der Waals surface area contributed by atoms with Gasteiger partial charge >= 0.3 is 8.60 Å². The van der Waals surface area contributed by atoms with E-state index in [-0.39, 0.29) is 6.61 Å². The number of hydrogen-bond acceptors (Lipinski definition) is 3. The summed E-state index contributed by atoms with van der Waals surface area (Å²) in [6.45, 7) is 3.49. The predicted molar refractivity (Wildman–Crippen MR) is 79.4 cm³/mol. The van der Waals surface area contributed by atoms with Gasteiger partial charge in [-0.1, -0.05) is 66.7 Å². The van der Waals surface area contributed by atoms with Crippen LogP contribution in [0.1, 0.15) is 0 Å². The van der Waals surface area contributed by atoms with Crippen molar-refractivity contribution in [2.75, 3.05) is 6.61 Å². The van der Waals surface area contributed by atoms with E-state index in [0.717, 1.165) is 0 Å². The zero-order valence-corrected chi connectivity index (χ0v) is 11.4. The first-order valence-electron chi connectivity index (χ1n) is 5.76. The monoisotopic (exact) mass is 276 g/mol. The highest BCUT2D eigenvalue weighted by Gasteiger charge is 1.92. The third-order valence-electron chi connectivity index (χ3n) is 2.19. The average molecular weight is 276 g/mol. The van der Waals surface area contributed by atoms with Crippen molar-refractivity contribution in [3.8, 4) is 11.1 Å². The minimum atomic E-state index is -2.18. The molecule has 0 amide bonds. The van der Waals surface area contributed by atoms with Crippen LogP contribution in [0.3, 0.4) is 0 Å². The standard InChI is InChI=1S/C12H10.C3H7O3P/c1-3-7-11(8-4-1)12-9-5-2-6-10-12;1-2-3-6-7(4)5/h1-10H;2,4-5H,1,3H2. The van der Waals surface area contributed by atoms with Crippen LogP contribution in [0.2, 0.25) is 0 Å². The van der Waals surface area contributed by atoms with Gasteiger partial charge in [0.2, 0.25) is 0 Å². The van der Waals surface area contributed by atoms with Crippen LogP contribution in [-0.4, -0.2) is 16.4 Å². The third kappa shape index (κ3) is 6.85. The van der Waals surface area contributed by atoms with Gasteiger partial charge in [0, 0.05) is 0 Å². The molecule has 0 atom stereocenters. The molecule has 2 N–H and O–H groups in total. The van der Waals surface area contributed by atoms with Crippen LogP contribution in [-0.2, 0) is 4.52 Å². The molecule has 0 aliphatic heterocycles. The first kappa shape index (κ1) is 15.5. The van der Waals surface area contributed by atoms with Crippen LogP contribution in [0.15, 0.2) is 73.3 Å². The molecule has 0 spiro atoms. The molecule has 0 saturated carbocycles. The Morgan fingerprint density at radius 1 is 0.895 bits per heavy atom. The molecule has 2 rings (SSSR count). The Kier molecular flexibility index (Phi) is 7.71. The van der Waals surface area contributed by atoms with Gasteiger partial charge < -0.3 is 14.3 Å². The predicted octanol–water partition coefficient (Wildman–Crippen LogP) is 3.75. The fourth-order valence-corrected chi connectivity index (χ4v) is 1.62. The SMILES string of the molecule is C=CCOP(O)O.c1ccc(-c2ccccc2)cc1. The van der Waals surface area contributed by atoms with E-state index in [0.29, 0.717) is 0 Å². The Balaban J connectivity index is 0.000000224. The summed E-state index contributed by atoms with van der Waals surface area (Å²) in [5.74, 6) is 0. The molecule has 100 valence electrons. The van der Waals surface area contributed by atoms with Crippen LogP contribution in [0.5, 0.6) is 0 Å². The largest absolute Gasteiger partial charge is 0.328 e. The zero-order valence-electron chi connectivity index (χ0n) is 10.5. The van der Waals surface area contributed by atoms with Crippen LogP contribution in [0, 0.1) is 0 Å². The molecule has 3 nitrogen and oxygen atoms in total. The summed E-state index contributed by atoms with van der Waals surface area (Å²) in [5, 5.41) is 0. The minimum Gasteiger partial charge on any atom is -0.328 e. The Morgan fingerprint density at radius 2 is 1.32 bits per heavy atom. The molecule has 0 aliphatic rings. The van der Waals surface area contributed by atoms with E-state index in [1.165, 1.54) is 17.2 Å². The smallest absolute Gasteiger partial charge is 0.327 e. The lowest BCUT2D eigenvalue weighted by Crippen LogP contribution is -1.80. The Morgan fingerprint density at radius 3 is 1.58 bits per heavy atom. The van der Waals surface area contributed by atoms with Crippen molar-refractivity contribution in [2.24, 2.45) is 0 Å². The third-order valence-corrected chi connectivity index (χ3v) is 2.57. The van der Waals surface area contributed by atoms with Crippen LogP contribution in [0.4, 0.5) is 0 Å². The van der Waals surface area contributed by atoms with Gasteiger partial charge in [0.05, 0.1) is 6.61 Å². The molecule has 2 aromatic rings. The second kappa shape index (κ2) is 9.42. The van der Waals surface area contributed by atoms with Crippen molar-refractivity contribution in [1.29, 1.82) is 0 Å². The lowest BCUT2D eigenvalue weighted by atomic mass is 10.1. The normalized spacial score (nSPS) is 9.63. The van der Waals surface area contributed by atoms with Crippen molar-refractivity contribution < 1.29 is 14.3 Å². The van der Waals surface area contributed by atoms with Gasteiger partial charge in [0.15, 0.2) is 0 Å². The lowest BCUT2D eigenvalue weighted by Gasteiger charge is -1.98. The summed E-state index contributed by atoms with van der Waals surface area (Å²) < 4.78 is 4.25. The quantitative estimate of drug-likeness (QED) is 0.660. The van der Waals surface area contributed by atoms with E-state index in [1.807, 2.05) is 12.1 Å². The number of hydrogen-bond donors (Lipinski definition) is 2. The molecular formula is C15H17O3P. The van der Waals surface area contributed by atoms with Crippen LogP contribution >= 0.6 is 8.60 Å². The Hall–Kier alpha value is -1.51. The Bertz CT molecular complexity index is 420. The van der Waals surface area contributed by atoms with Crippen molar-refractivity contribution in [1.82, 2.24) is 0 Å². The maximum Gasteiger partial charge on any atom is 0.327 e. The first-order chi connectivity index (χ1) is 9.24. The minimum absolute atomic E-state index is 0.193. The van der Waals surface area contributed by atoms with Crippen molar-refractivity contribution in [3.05, 3.63) is 73.3 Å². The zero-order chi connectivity index (χ0) is 13.9. The van der Waals surface area contributed by atoms with Gasteiger partial charge in [-0.15, -0.1) is 6.58 Å². The summed E-state index contributed by atoms with van der Waals surface area (Å²) in [4.78, 5) is 16.1. The van der Waals surface area contributed by atoms with E-state index in [4.69, 9.17) is 9.79 Å². The van der Waals surface area contributed by atoms with Crippen molar-refractivity contribution >= 4 is 8.60 Å². The van der Waals surface area contributed by atoms with E-state index in [1.54, 1.807) is 0 Å². The molecule has 0 aromatic heterocycles. The second-order valence-electron chi connectivity index (χ2n) is 3.57. The fraction of sp³-hybridized carbons (Fsp3) is 0.0667. The molecule has 0 aliphatic carbocycles. The molecule has 0 radical (unpaired) electrons. The van der Waals surface area contributed by atoms with E-state index in [9.17, 15) is 0 Å². The van der Waals surface area contributed by atoms with Gasteiger partial charge in [0.25, 0.3) is 0 Å². The van der Waals surface area contributed by atoms with Crippen LogP contribution < -0.4 is 0 Å². The van der Waals surface area contributed by atoms with Gasteiger partial charge in [-0.25, -0.2) is 0 Å². The molecule has 2 aromatic carbocycles. The van der Waals surface area contributed by atoms with E-state index in [2.05, 4.69) is 59.6 Å². The molecule has 0 heterocycles. The molecule has 19 heavy (non-hydrogen) atoms. The number of rotatable bonds is 4. The highest BCUT2D eigenvalue weighted by atomic mass is 31.2. The van der Waals surface area contributed by atoms with Gasteiger partial charge in [-0.2, -0.15) is 0 Å².